The summed E-state index contributed by atoms with van der Waals surface area (Å²) in [5.41, 5.74) is 0. The Morgan fingerprint density at radius 2 is 1.23 bits per heavy atom. The lowest BCUT2D eigenvalue weighted by atomic mass is 10.3. The second kappa shape index (κ2) is 7.24. The fourth-order valence-electron chi connectivity index (χ4n) is 2.48. The van der Waals surface area contributed by atoms with Crippen LogP contribution in [-0.4, -0.2) is 6.61 Å². The van der Waals surface area contributed by atoms with Crippen molar-refractivity contribution in [3.05, 3.63) is 84.9 Å². The van der Waals surface area contributed by atoms with Crippen LogP contribution in [0.1, 0.15) is 6.92 Å². The fraction of sp³-hybridized carbons (Fsp3) is 0.100. The van der Waals surface area contributed by atoms with Crippen molar-refractivity contribution < 1.29 is 4.74 Å². The second-order valence-electron chi connectivity index (χ2n) is 4.94. The van der Waals surface area contributed by atoms with Gasteiger partial charge in [0.2, 0.25) is 0 Å². The standard InChI is InChI=1S/C20H19OP/c1-2-21-17-10-9-15-20(16-17)22(18-11-5-3-6-12-18)19-13-7-4-8-14-19/h3-16H,2H2,1H3. The minimum atomic E-state index is -0.553. The number of hydrogen-bond acceptors (Lipinski definition) is 1. The first-order chi connectivity index (χ1) is 10.9. The number of benzene rings is 3. The predicted octanol–water partition coefficient (Wildman–Crippen LogP) is 3.84. The summed E-state index contributed by atoms with van der Waals surface area (Å²) in [5, 5.41) is 4.04. The SMILES string of the molecule is CCOc1cccc(P(c2ccccc2)c2ccccc2)c1. The van der Waals surface area contributed by atoms with E-state index in [4.69, 9.17) is 4.74 Å². The van der Waals surface area contributed by atoms with Gasteiger partial charge in [-0.1, -0.05) is 72.8 Å². The molecule has 110 valence electrons. The van der Waals surface area contributed by atoms with Crippen LogP contribution in [0.3, 0.4) is 0 Å². The largest absolute Gasteiger partial charge is 0.494 e. The number of hydrogen-bond donors (Lipinski definition) is 0. The van der Waals surface area contributed by atoms with Gasteiger partial charge in [0.1, 0.15) is 5.75 Å². The van der Waals surface area contributed by atoms with Crippen LogP contribution in [0.15, 0.2) is 84.9 Å². The molecule has 0 bridgehead atoms. The van der Waals surface area contributed by atoms with Crippen LogP contribution in [-0.2, 0) is 0 Å². The maximum absolute atomic E-state index is 5.68. The molecule has 3 rings (SSSR count). The molecule has 1 nitrogen and oxygen atoms in total. The van der Waals surface area contributed by atoms with E-state index in [9.17, 15) is 0 Å². The topological polar surface area (TPSA) is 9.23 Å². The van der Waals surface area contributed by atoms with E-state index >= 15 is 0 Å². The van der Waals surface area contributed by atoms with E-state index < -0.39 is 7.92 Å². The molecule has 0 unspecified atom stereocenters. The highest BCUT2D eigenvalue weighted by Gasteiger charge is 2.16. The first-order valence-corrected chi connectivity index (χ1v) is 8.86. The Morgan fingerprint density at radius 3 is 1.77 bits per heavy atom. The Hall–Kier alpha value is -2.11. The van der Waals surface area contributed by atoms with Gasteiger partial charge in [0, 0.05) is 0 Å². The average Bonchev–Trinajstić information content (AvgIpc) is 2.58. The van der Waals surface area contributed by atoms with Crippen LogP contribution in [0.5, 0.6) is 5.75 Å². The molecule has 2 heteroatoms. The van der Waals surface area contributed by atoms with Gasteiger partial charge in [0.25, 0.3) is 0 Å². The molecule has 0 saturated heterocycles. The fourth-order valence-corrected chi connectivity index (χ4v) is 4.81. The Labute approximate surface area is 133 Å². The van der Waals surface area contributed by atoms with Crippen molar-refractivity contribution in [1.82, 2.24) is 0 Å². The van der Waals surface area contributed by atoms with Crippen molar-refractivity contribution in [1.29, 1.82) is 0 Å². The lowest BCUT2D eigenvalue weighted by Crippen LogP contribution is -2.20. The highest BCUT2D eigenvalue weighted by Crippen LogP contribution is 2.33. The van der Waals surface area contributed by atoms with E-state index in [0.29, 0.717) is 6.61 Å². The van der Waals surface area contributed by atoms with Gasteiger partial charge in [-0.25, -0.2) is 0 Å². The molecule has 0 heterocycles. The van der Waals surface area contributed by atoms with Gasteiger partial charge in [-0.3, -0.25) is 0 Å². The minimum Gasteiger partial charge on any atom is -0.494 e. The van der Waals surface area contributed by atoms with Crippen LogP contribution in [0.4, 0.5) is 0 Å². The Morgan fingerprint density at radius 1 is 0.682 bits per heavy atom. The lowest BCUT2D eigenvalue weighted by Gasteiger charge is -2.19. The summed E-state index contributed by atoms with van der Waals surface area (Å²) in [7, 11) is -0.553. The zero-order valence-electron chi connectivity index (χ0n) is 12.6. The first-order valence-electron chi connectivity index (χ1n) is 7.51. The molecule has 0 aliphatic rings. The summed E-state index contributed by atoms with van der Waals surface area (Å²) in [6.45, 7) is 2.71. The third-order valence-corrected chi connectivity index (χ3v) is 5.84. The van der Waals surface area contributed by atoms with E-state index in [2.05, 4.69) is 78.9 Å². The molecule has 0 aromatic heterocycles. The van der Waals surface area contributed by atoms with E-state index in [1.54, 1.807) is 0 Å². The molecule has 0 aliphatic carbocycles. The van der Waals surface area contributed by atoms with Crippen molar-refractivity contribution in [2.75, 3.05) is 6.61 Å². The second-order valence-corrected chi connectivity index (χ2v) is 7.16. The third-order valence-electron chi connectivity index (χ3n) is 3.42. The molecule has 0 fully saturated rings. The number of rotatable bonds is 5. The van der Waals surface area contributed by atoms with Crippen LogP contribution < -0.4 is 20.7 Å². The molecule has 3 aromatic rings. The Bertz CT molecular complexity index is 671. The molecule has 0 aliphatic heterocycles. The van der Waals surface area contributed by atoms with Crippen molar-refractivity contribution in [2.45, 2.75) is 6.92 Å². The zero-order chi connectivity index (χ0) is 15.2. The van der Waals surface area contributed by atoms with E-state index in [-0.39, 0.29) is 0 Å². The van der Waals surface area contributed by atoms with Crippen LogP contribution in [0, 0.1) is 0 Å². The molecule has 0 amide bonds. The molecule has 0 atom stereocenters. The average molecular weight is 306 g/mol. The van der Waals surface area contributed by atoms with Crippen molar-refractivity contribution in [3.8, 4) is 5.75 Å². The summed E-state index contributed by atoms with van der Waals surface area (Å²) in [4.78, 5) is 0. The summed E-state index contributed by atoms with van der Waals surface area (Å²) in [6, 6.07) is 29.9. The van der Waals surface area contributed by atoms with Gasteiger partial charge in [0.15, 0.2) is 0 Å². The normalized spacial score (nSPS) is 10.6. The van der Waals surface area contributed by atoms with Gasteiger partial charge in [-0.15, -0.1) is 0 Å². The quantitative estimate of drug-likeness (QED) is 0.651. The monoisotopic (exact) mass is 306 g/mol. The van der Waals surface area contributed by atoms with E-state index in [1.807, 2.05) is 13.0 Å². The summed E-state index contributed by atoms with van der Waals surface area (Å²) in [5.74, 6) is 0.944. The van der Waals surface area contributed by atoms with Gasteiger partial charge in [0.05, 0.1) is 6.61 Å². The highest BCUT2D eigenvalue weighted by molar-refractivity contribution is 7.79. The molecular weight excluding hydrogens is 287 g/mol. The zero-order valence-corrected chi connectivity index (χ0v) is 13.5. The van der Waals surface area contributed by atoms with Crippen molar-refractivity contribution >= 4 is 23.8 Å². The van der Waals surface area contributed by atoms with E-state index in [1.165, 1.54) is 15.9 Å². The number of ether oxygens (including phenoxy) is 1. The van der Waals surface area contributed by atoms with Gasteiger partial charge >= 0.3 is 0 Å². The van der Waals surface area contributed by atoms with Crippen LogP contribution in [0.2, 0.25) is 0 Å². The summed E-state index contributed by atoms with van der Waals surface area (Å²) >= 11 is 0. The van der Waals surface area contributed by atoms with E-state index in [0.717, 1.165) is 5.75 Å². The minimum absolute atomic E-state index is 0.553. The lowest BCUT2D eigenvalue weighted by molar-refractivity contribution is 0.340. The summed E-state index contributed by atoms with van der Waals surface area (Å²) in [6.07, 6.45) is 0. The summed E-state index contributed by atoms with van der Waals surface area (Å²) < 4.78 is 5.68. The highest BCUT2D eigenvalue weighted by atomic mass is 31.1. The van der Waals surface area contributed by atoms with Crippen LogP contribution >= 0.6 is 7.92 Å². The Balaban J connectivity index is 2.08. The maximum Gasteiger partial charge on any atom is 0.119 e. The predicted molar refractivity (Wildman–Crippen MR) is 96.3 cm³/mol. The van der Waals surface area contributed by atoms with Gasteiger partial charge in [-0.2, -0.15) is 0 Å². The molecule has 0 saturated carbocycles. The van der Waals surface area contributed by atoms with Gasteiger partial charge < -0.3 is 4.74 Å². The smallest absolute Gasteiger partial charge is 0.119 e. The van der Waals surface area contributed by atoms with Crippen LogP contribution in [0.25, 0.3) is 0 Å². The molecule has 0 spiro atoms. The third kappa shape index (κ3) is 3.37. The maximum atomic E-state index is 5.68. The molecule has 0 N–H and O–H groups in total. The van der Waals surface area contributed by atoms with Crippen molar-refractivity contribution in [2.24, 2.45) is 0 Å². The molecule has 0 radical (unpaired) electrons. The Kier molecular flexibility index (Phi) is 4.88. The first kappa shape index (κ1) is 14.8. The van der Waals surface area contributed by atoms with Crippen molar-refractivity contribution in [3.63, 3.8) is 0 Å². The van der Waals surface area contributed by atoms with Gasteiger partial charge in [-0.05, 0) is 42.9 Å². The molecular formula is C20H19OP. The molecule has 22 heavy (non-hydrogen) atoms. The molecule has 3 aromatic carbocycles.